The standard InChI is InChI=1S/C45H75N15O19P2/c46-42(70)31(6-1-3-18-50-38(65)25-54-36(63)11-9-34(61)52-20-14-29-22-48-27-56-29)59-44(72)33(8-13-41(68)69)60-43(71)32(58-40(67)24-47-17-5-16-45(73,78-80(74)75)79-81(76)77)7-2-4-19-51-39(66)26-55-37(64)12-10-35(62)53-21-15-30-23-49-28-57-30/h22-23,27-28,31-33,47,73-75,81H,1-21,24-26H2,(H2,46,70)(H,48,56)(H,49,57)(H,50,65)(H,51,66)(H,52,61)(H,53,62)(H,54,63)(H,55,64)(H,58,67)(H,59,72)(H,60,71)(H,68,69)(H,76,77). The summed E-state index contributed by atoms with van der Waals surface area (Å²) < 4.78 is 19.9. The van der Waals surface area contributed by atoms with Crippen molar-refractivity contribution < 1.29 is 91.2 Å². The zero-order valence-electron chi connectivity index (χ0n) is 44.4. The Morgan fingerprint density at radius 3 is 1.48 bits per heavy atom. The number of H-pyrrole nitrogens is 2. The van der Waals surface area contributed by atoms with Gasteiger partial charge in [0.1, 0.15) is 18.1 Å². The second-order valence-corrected chi connectivity index (χ2v) is 19.3. The fourth-order valence-corrected chi connectivity index (χ4v) is 7.98. The molecule has 0 spiro atoms. The van der Waals surface area contributed by atoms with Crippen LogP contribution >= 0.6 is 16.9 Å². The third-order valence-corrected chi connectivity index (χ3v) is 12.2. The SMILES string of the molecule is NC(=O)C(CCCCNC(=O)CNC(=O)CCC(=O)NCCc1cnc[nH]1)NC(=O)C(CCC(=O)O)NC(=O)C(CCCCNC(=O)CNC(=O)CCC(=O)NCCc1cnc[nH]1)NC(=O)CNCCCC(O)(OP(O)O)O[PH](=O)O. The van der Waals surface area contributed by atoms with E-state index in [0.717, 1.165) is 11.4 Å². The van der Waals surface area contributed by atoms with E-state index in [9.17, 15) is 67.5 Å². The maximum absolute atomic E-state index is 13.8. The number of imidazole rings is 2. The van der Waals surface area contributed by atoms with Crippen molar-refractivity contribution in [2.24, 2.45) is 5.73 Å². The maximum Gasteiger partial charge on any atom is 0.331 e. The summed E-state index contributed by atoms with van der Waals surface area (Å²) in [6.07, 6.45) is 5.65. The molecule has 2 aromatic rings. The number of nitrogens with zero attached hydrogens (tertiary/aromatic N) is 2. The summed E-state index contributed by atoms with van der Waals surface area (Å²) in [4.78, 5) is 179. The Bertz CT molecular complexity index is 2340. The first-order valence-corrected chi connectivity index (χ1v) is 28.1. The molecule has 0 aliphatic rings. The van der Waals surface area contributed by atoms with Crippen molar-refractivity contribution in [2.75, 3.05) is 52.4 Å². The number of unbranched alkanes of at least 4 members (excludes halogenated alkanes) is 2. The molecule has 0 saturated heterocycles. The van der Waals surface area contributed by atoms with Crippen molar-refractivity contribution in [1.82, 2.24) is 73.1 Å². The molecule has 5 atom stereocenters. The van der Waals surface area contributed by atoms with Gasteiger partial charge in [-0.25, -0.2) is 9.97 Å². The van der Waals surface area contributed by atoms with Crippen LogP contribution in [-0.4, -0.2) is 186 Å². The number of carboxylic acids is 1. The average molecular weight is 1190 g/mol. The molecule has 81 heavy (non-hydrogen) atoms. The number of nitrogens with two attached hydrogens (primary N) is 1. The molecule has 2 aromatic heterocycles. The molecule has 0 aliphatic carbocycles. The Balaban J connectivity index is 1.94. The number of amides is 10. The highest BCUT2D eigenvalue weighted by atomic mass is 31.2. The smallest absolute Gasteiger partial charge is 0.331 e. The lowest BCUT2D eigenvalue weighted by Crippen LogP contribution is -2.57. The van der Waals surface area contributed by atoms with Gasteiger partial charge < -0.3 is 93.8 Å². The van der Waals surface area contributed by atoms with E-state index in [1.165, 1.54) is 12.7 Å². The van der Waals surface area contributed by atoms with Gasteiger partial charge in [-0.05, 0) is 57.9 Å². The van der Waals surface area contributed by atoms with Gasteiger partial charge in [-0.1, -0.05) is 0 Å². The van der Waals surface area contributed by atoms with Crippen LogP contribution in [0.4, 0.5) is 0 Å². The molecule has 0 bridgehead atoms. The predicted octanol–water partition coefficient (Wildman–Crippen LogP) is -5.04. The summed E-state index contributed by atoms with van der Waals surface area (Å²) in [5.41, 5.74) is 7.22. The Morgan fingerprint density at radius 1 is 0.580 bits per heavy atom. The van der Waals surface area contributed by atoms with Crippen molar-refractivity contribution in [3.05, 3.63) is 36.4 Å². The van der Waals surface area contributed by atoms with Gasteiger partial charge in [0.05, 0.1) is 32.3 Å². The Hall–Kier alpha value is -7.03. The first-order valence-electron chi connectivity index (χ1n) is 25.7. The monoisotopic (exact) mass is 1190 g/mol. The number of carbonyl (C=O) groups excluding carboxylic acids is 10. The minimum atomic E-state index is -3.81. The number of aliphatic carboxylic acids is 1. The van der Waals surface area contributed by atoms with Gasteiger partial charge in [-0.3, -0.25) is 66.4 Å². The van der Waals surface area contributed by atoms with E-state index in [1.807, 2.05) is 0 Å². The van der Waals surface area contributed by atoms with E-state index >= 15 is 0 Å². The zero-order chi connectivity index (χ0) is 60.0. The molecule has 0 saturated carbocycles. The molecule has 0 radical (unpaired) electrons. The topological polar surface area (TPSA) is 528 Å². The fraction of sp³-hybridized carbons (Fsp3) is 0.622. The van der Waals surface area contributed by atoms with Crippen LogP contribution in [0, 0.1) is 0 Å². The van der Waals surface area contributed by atoms with Gasteiger partial charge in [-0.15, -0.1) is 0 Å². The van der Waals surface area contributed by atoms with E-state index in [-0.39, 0.29) is 109 Å². The summed E-state index contributed by atoms with van der Waals surface area (Å²) in [6, 6.07) is -4.31. The van der Waals surface area contributed by atoms with Crippen molar-refractivity contribution >= 4 is 81.9 Å². The van der Waals surface area contributed by atoms with Crippen LogP contribution in [0.25, 0.3) is 0 Å². The number of nitrogens with one attached hydrogen (secondary N) is 12. The lowest BCUT2D eigenvalue weighted by Gasteiger charge is -2.26. The Morgan fingerprint density at radius 2 is 1.04 bits per heavy atom. The van der Waals surface area contributed by atoms with Crippen LogP contribution in [0.3, 0.4) is 0 Å². The highest BCUT2D eigenvalue weighted by Crippen LogP contribution is 2.38. The third-order valence-electron chi connectivity index (χ3n) is 11.3. The maximum atomic E-state index is 13.8. The van der Waals surface area contributed by atoms with E-state index in [0.29, 0.717) is 25.9 Å². The Labute approximate surface area is 466 Å². The number of carbonyl (C=O) groups is 11. The van der Waals surface area contributed by atoms with Crippen LogP contribution in [0.2, 0.25) is 0 Å². The first-order chi connectivity index (χ1) is 38.5. The molecular formula is C45H75N15O19P2. The van der Waals surface area contributed by atoms with Crippen molar-refractivity contribution in [2.45, 2.75) is 127 Å². The summed E-state index contributed by atoms with van der Waals surface area (Å²) in [7, 11) is -7.03. The summed E-state index contributed by atoms with van der Waals surface area (Å²) in [5.74, 6) is -10.8. The van der Waals surface area contributed by atoms with Crippen LogP contribution in [-0.2, 0) is 79.2 Å². The van der Waals surface area contributed by atoms with E-state index in [1.54, 1.807) is 12.4 Å². The highest BCUT2D eigenvalue weighted by Gasteiger charge is 2.35. The van der Waals surface area contributed by atoms with Gasteiger partial charge in [0, 0.05) is 101 Å². The van der Waals surface area contributed by atoms with Gasteiger partial charge in [0.25, 0.3) is 5.97 Å². The summed E-state index contributed by atoms with van der Waals surface area (Å²) in [6.45, 7) is -0.561. The predicted molar refractivity (Wildman–Crippen MR) is 282 cm³/mol. The lowest BCUT2D eigenvalue weighted by atomic mass is 10.0. The number of aromatic amines is 2. The van der Waals surface area contributed by atoms with Crippen LogP contribution < -0.4 is 58.9 Å². The molecule has 0 aromatic carbocycles. The molecule has 0 aliphatic heterocycles. The highest BCUT2D eigenvalue weighted by molar-refractivity contribution is 7.39. The number of aliphatic hydroxyl groups is 1. The number of aromatic nitrogens is 4. The number of hydrogen-bond donors (Lipinski definition) is 18. The van der Waals surface area contributed by atoms with Crippen LogP contribution in [0.15, 0.2) is 25.0 Å². The number of carboxylic acid groups (broad SMARTS) is 1. The molecule has 2 heterocycles. The average Bonchev–Trinajstić information content (AvgIpc) is 4.14. The number of hydrogen-bond acceptors (Lipinski definition) is 20. The van der Waals surface area contributed by atoms with Crippen LogP contribution in [0.1, 0.15) is 101 Å². The molecule has 34 nitrogen and oxygen atoms in total. The van der Waals surface area contributed by atoms with Crippen molar-refractivity contribution in [3.8, 4) is 0 Å². The van der Waals surface area contributed by atoms with E-state index in [2.05, 4.69) is 82.2 Å². The van der Waals surface area contributed by atoms with Crippen molar-refractivity contribution in [1.29, 1.82) is 0 Å². The quantitative estimate of drug-likeness (QED) is 0.0168. The van der Waals surface area contributed by atoms with Gasteiger partial charge >= 0.3 is 22.8 Å². The largest absolute Gasteiger partial charge is 0.481 e. The molecule has 5 unspecified atom stereocenters. The van der Waals surface area contributed by atoms with E-state index < -0.39 is 127 Å². The summed E-state index contributed by atoms with van der Waals surface area (Å²) >= 11 is 0. The molecule has 454 valence electrons. The Kier molecular flexibility index (Phi) is 34.8. The first kappa shape index (κ1) is 70.1. The second kappa shape index (κ2) is 40.2. The molecular weight excluding hydrogens is 1120 g/mol. The van der Waals surface area contributed by atoms with Gasteiger partial charge in [-0.2, -0.15) is 0 Å². The third kappa shape index (κ3) is 34.7. The molecule has 36 heteroatoms. The van der Waals surface area contributed by atoms with Gasteiger partial charge in [0.15, 0.2) is 0 Å². The molecule has 0 fully saturated rings. The minimum Gasteiger partial charge on any atom is -0.481 e. The van der Waals surface area contributed by atoms with E-state index in [4.69, 9.17) is 20.4 Å². The molecule has 2 rings (SSSR count). The molecule has 10 amide bonds. The van der Waals surface area contributed by atoms with Crippen LogP contribution in [0.5, 0.6) is 0 Å². The zero-order valence-corrected chi connectivity index (χ0v) is 46.3. The number of rotatable bonds is 45. The molecule has 19 N–H and O–H groups in total. The number of primary amides is 1. The lowest BCUT2D eigenvalue weighted by molar-refractivity contribution is -0.279. The van der Waals surface area contributed by atoms with Gasteiger partial charge in [0.2, 0.25) is 59.1 Å². The fourth-order valence-electron chi connectivity index (χ4n) is 7.11. The normalized spacial score (nSPS) is 13.2. The summed E-state index contributed by atoms with van der Waals surface area (Å²) in [5, 5.41) is 45.0. The van der Waals surface area contributed by atoms with Crippen molar-refractivity contribution in [3.63, 3.8) is 0 Å². The minimum absolute atomic E-state index is 0.0389. The second-order valence-electron chi connectivity index (χ2n) is 17.9.